The summed E-state index contributed by atoms with van der Waals surface area (Å²) in [5, 5.41) is 7.32. The number of carbonyl (C=O) groups excluding carboxylic acids is 1. The van der Waals surface area contributed by atoms with Gasteiger partial charge in [-0.05, 0) is 48.4 Å². The van der Waals surface area contributed by atoms with E-state index in [1.165, 1.54) is 0 Å². The fraction of sp³-hybridized carbons (Fsp3) is 0.278. The third-order valence-electron chi connectivity index (χ3n) is 3.50. The lowest BCUT2D eigenvalue weighted by atomic mass is 10.1. The highest BCUT2D eigenvalue weighted by atomic mass is 35.5. The second kappa shape index (κ2) is 9.40. The van der Waals surface area contributed by atoms with Gasteiger partial charge in [0.2, 0.25) is 5.91 Å². The Labute approximate surface area is 152 Å². The van der Waals surface area contributed by atoms with Gasteiger partial charge < -0.3 is 15.4 Å². The topological polar surface area (TPSA) is 50.4 Å². The van der Waals surface area contributed by atoms with Gasteiger partial charge in [0.15, 0.2) is 0 Å². The molecule has 0 radical (unpaired) electrons. The van der Waals surface area contributed by atoms with Crippen molar-refractivity contribution in [2.24, 2.45) is 0 Å². The van der Waals surface area contributed by atoms with Crippen LogP contribution in [0, 0.1) is 0 Å². The fourth-order valence-electron chi connectivity index (χ4n) is 2.18. The maximum Gasteiger partial charge on any atom is 0.221 e. The summed E-state index contributed by atoms with van der Waals surface area (Å²) in [7, 11) is 1.63. The molecular weight excluding hydrogens is 347 g/mol. The molecule has 0 saturated heterocycles. The van der Waals surface area contributed by atoms with Crippen molar-refractivity contribution in [1.29, 1.82) is 0 Å². The molecule has 24 heavy (non-hydrogen) atoms. The molecule has 2 aromatic carbocycles. The number of rotatable bonds is 8. The van der Waals surface area contributed by atoms with Crippen LogP contribution in [-0.4, -0.2) is 26.1 Å². The predicted octanol–water partition coefficient (Wildman–Crippen LogP) is 4.16. The first-order chi connectivity index (χ1) is 11.6. The van der Waals surface area contributed by atoms with Gasteiger partial charge in [0.1, 0.15) is 5.75 Å². The maximum absolute atomic E-state index is 11.8. The molecule has 2 rings (SSSR count). The lowest BCUT2D eigenvalue weighted by Crippen LogP contribution is -2.27. The Balaban J connectivity index is 1.66. The minimum absolute atomic E-state index is 0.00102. The number of carbonyl (C=O) groups is 1. The molecule has 2 aromatic rings. The molecule has 1 amide bonds. The van der Waals surface area contributed by atoms with Crippen LogP contribution in [0.2, 0.25) is 10.0 Å². The largest absolute Gasteiger partial charge is 0.497 e. The number of anilines is 1. The van der Waals surface area contributed by atoms with Crippen molar-refractivity contribution in [3.05, 3.63) is 58.1 Å². The van der Waals surface area contributed by atoms with Crippen LogP contribution < -0.4 is 15.4 Å². The van der Waals surface area contributed by atoms with Gasteiger partial charge >= 0.3 is 0 Å². The number of methoxy groups -OCH3 is 1. The molecule has 0 heterocycles. The van der Waals surface area contributed by atoms with Crippen LogP contribution in [0.3, 0.4) is 0 Å². The van der Waals surface area contributed by atoms with E-state index < -0.39 is 0 Å². The van der Waals surface area contributed by atoms with Crippen molar-refractivity contribution in [3.8, 4) is 5.75 Å². The van der Waals surface area contributed by atoms with E-state index in [4.69, 9.17) is 27.9 Å². The van der Waals surface area contributed by atoms with Crippen LogP contribution in [0.5, 0.6) is 5.75 Å². The Morgan fingerprint density at radius 1 is 1.08 bits per heavy atom. The molecule has 0 unspecified atom stereocenters. The first-order valence-electron chi connectivity index (χ1n) is 7.67. The van der Waals surface area contributed by atoms with E-state index in [9.17, 15) is 4.79 Å². The van der Waals surface area contributed by atoms with Gasteiger partial charge in [-0.2, -0.15) is 0 Å². The molecule has 0 bridgehead atoms. The van der Waals surface area contributed by atoms with Crippen molar-refractivity contribution in [2.45, 2.75) is 12.8 Å². The summed E-state index contributed by atoms with van der Waals surface area (Å²) in [5.41, 5.74) is 1.93. The first kappa shape index (κ1) is 18.4. The third kappa shape index (κ3) is 5.95. The van der Waals surface area contributed by atoms with E-state index in [1.807, 2.05) is 30.3 Å². The monoisotopic (exact) mass is 366 g/mol. The average Bonchev–Trinajstić information content (AvgIpc) is 2.57. The van der Waals surface area contributed by atoms with Crippen LogP contribution in [0.1, 0.15) is 12.0 Å². The van der Waals surface area contributed by atoms with Crippen molar-refractivity contribution >= 4 is 34.8 Å². The Bertz CT molecular complexity index is 675. The van der Waals surface area contributed by atoms with Gasteiger partial charge in [-0.3, -0.25) is 4.79 Å². The summed E-state index contributed by atoms with van der Waals surface area (Å²) in [6.07, 6.45) is 1.08. The van der Waals surface area contributed by atoms with Crippen molar-refractivity contribution in [3.63, 3.8) is 0 Å². The molecule has 0 aliphatic heterocycles. The van der Waals surface area contributed by atoms with Crippen LogP contribution in [0.25, 0.3) is 0 Å². The standard InChI is InChI=1S/C18H20Cl2N2O2/c1-24-16-6-4-15(5-7-16)21-11-9-18(23)22-10-8-13-2-3-14(19)12-17(13)20/h2-7,12,21H,8-11H2,1H3,(H,22,23). The fourth-order valence-corrected chi connectivity index (χ4v) is 2.68. The van der Waals surface area contributed by atoms with E-state index in [-0.39, 0.29) is 5.91 Å². The molecule has 0 spiro atoms. The summed E-state index contributed by atoms with van der Waals surface area (Å²) in [5.74, 6) is 0.806. The molecule has 0 aromatic heterocycles. The summed E-state index contributed by atoms with van der Waals surface area (Å²) in [6, 6.07) is 13.0. The Morgan fingerprint density at radius 3 is 2.50 bits per heavy atom. The van der Waals surface area contributed by atoms with Crippen molar-refractivity contribution < 1.29 is 9.53 Å². The van der Waals surface area contributed by atoms with Gasteiger partial charge in [0.05, 0.1) is 7.11 Å². The van der Waals surface area contributed by atoms with E-state index in [1.54, 1.807) is 19.2 Å². The predicted molar refractivity (Wildman–Crippen MR) is 99.3 cm³/mol. The Hall–Kier alpha value is -1.91. The molecule has 0 aliphatic carbocycles. The summed E-state index contributed by atoms with van der Waals surface area (Å²) in [4.78, 5) is 11.8. The summed E-state index contributed by atoms with van der Waals surface area (Å²) >= 11 is 12.0. The molecule has 0 atom stereocenters. The maximum atomic E-state index is 11.8. The second-order valence-corrected chi connectivity index (χ2v) is 6.08. The summed E-state index contributed by atoms with van der Waals surface area (Å²) in [6.45, 7) is 1.11. The number of amides is 1. The molecule has 6 heteroatoms. The van der Waals surface area contributed by atoms with Gasteiger partial charge in [0.25, 0.3) is 0 Å². The lowest BCUT2D eigenvalue weighted by Gasteiger charge is -2.09. The molecule has 4 nitrogen and oxygen atoms in total. The molecule has 2 N–H and O–H groups in total. The molecule has 128 valence electrons. The molecule has 0 aliphatic rings. The van der Waals surface area contributed by atoms with Gasteiger partial charge in [-0.15, -0.1) is 0 Å². The van der Waals surface area contributed by atoms with Crippen LogP contribution >= 0.6 is 23.2 Å². The lowest BCUT2D eigenvalue weighted by molar-refractivity contribution is -0.120. The third-order valence-corrected chi connectivity index (χ3v) is 4.09. The smallest absolute Gasteiger partial charge is 0.221 e. The zero-order valence-corrected chi connectivity index (χ0v) is 15.0. The number of ether oxygens (including phenoxy) is 1. The number of benzene rings is 2. The summed E-state index contributed by atoms with van der Waals surface area (Å²) < 4.78 is 5.10. The minimum atomic E-state index is 0.00102. The second-order valence-electron chi connectivity index (χ2n) is 5.24. The van der Waals surface area contributed by atoms with Crippen molar-refractivity contribution in [2.75, 3.05) is 25.5 Å². The molecule has 0 saturated carbocycles. The molecular formula is C18H20Cl2N2O2. The van der Waals surface area contributed by atoms with E-state index in [0.29, 0.717) is 36.0 Å². The van der Waals surface area contributed by atoms with Crippen LogP contribution in [-0.2, 0) is 11.2 Å². The highest BCUT2D eigenvalue weighted by Crippen LogP contribution is 2.21. The average molecular weight is 367 g/mol. The Kier molecular flexibility index (Phi) is 7.22. The van der Waals surface area contributed by atoms with Crippen LogP contribution in [0.15, 0.2) is 42.5 Å². The number of nitrogens with one attached hydrogen (secondary N) is 2. The highest BCUT2D eigenvalue weighted by molar-refractivity contribution is 6.35. The van der Waals surface area contributed by atoms with Crippen molar-refractivity contribution in [1.82, 2.24) is 5.32 Å². The van der Waals surface area contributed by atoms with E-state index in [0.717, 1.165) is 17.0 Å². The van der Waals surface area contributed by atoms with Gasteiger partial charge in [-0.25, -0.2) is 0 Å². The first-order valence-corrected chi connectivity index (χ1v) is 8.42. The minimum Gasteiger partial charge on any atom is -0.497 e. The number of hydrogen-bond acceptors (Lipinski definition) is 3. The Morgan fingerprint density at radius 2 is 1.83 bits per heavy atom. The highest BCUT2D eigenvalue weighted by Gasteiger charge is 2.04. The van der Waals surface area contributed by atoms with Gasteiger partial charge in [-0.1, -0.05) is 29.3 Å². The van der Waals surface area contributed by atoms with E-state index in [2.05, 4.69) is 10.6 Å². The SMILES string of the molecule is COc1ccc(NCCC(=O)NCCc2ccc(Cl)cc2Cl)cc1. The van der Waals surface area contributed by atoms with E-state index >= 15 is 0 Å². The quantitative estimate of drug-likeness (QED) is 0.737. The number of halogens is 2. The van der Waals surface area contributed by atoms with Gasteiger partial charge in [0, 0.05) is 35.2 Å². The zero-order valence-electron chi connectivity index (χ0n) is 13.4. The molecule has 0 fully saturated rings. The normalized spacial score (nSPS) is 10.3. The zero-order chi connectivity index (χ0) is 17.4. The van der Waals surface area contributed by atoms with Crippen LogP contribution in [0.4, 0.5) is 5.69 Å². The number of hydrogen-bond donors (Lipinski definition) is 2.